The number of nitrogens with one attached hydrogen (secondary N) is 2. The number of carbonyl (C=O) groups is 1. The van der Waals surface area contributed by atoms with Gasteiger partial charge in [-0.25, -0.2) is 8.42 Å². The van der Waals surface area contributed by atoms with E-state index in [-0.39, 0.29) is 17.3 Å². The highest BCUT2D eigenvalue weighted by molar-refractivity contribution is 7.89. The van der Waals surface area contributed by atoms with Gasteiger partial charge in [0.1, 0.15) is 5.54 Å². The van der Waals surface area contributed by atoms with E-state index in [1.165, 1.54) is 0 Å². The average molecular weight is 433 g/mol. The third kappa shape index (κ3) is 5.73. The van der Waals surface area contributed by atoms with Crippen LogP contribution in [0, 0.1) is 11.3 Å². The molecule has 2 N–H and O–H groups in total. The van der Waals surface area contributed by atoms with Crippen molar-refractivity contribution in [3.05, 3.63) is 24.3 Å². The third-order valence-electron chi connectivity index (χ3n) is 6.04. The van der Waals surface area contributed by atoms with Gasteiger partial charge in [0.15, 0.2) is 0 Å². The minimum Gasteiger partial charge on any atom is -0.376 e. The lowest BCUT2D eigenvalue weighted by Crippen LogP contribution is -2.48. The van der Waals surface area contributed by atoms with Crippen LogP contribution in [-0.4, -0.2) is 43.8 Å². The molecular weight excluding hydrogens is 400 g/mol. The number of hydrogen-bond acceptors (Lipinski definition) is 5. The van der Waals surface area contributed by atoms with E-state index in [0.717, 1.165) is 51.4 Å². The predicted molar refractivity (Wildman–Crippen MR) is 116 cm³/mol. The lowest BCUT2D eigenvalue weighted by atomic mass is 9.92. The quantitative estimate of drug-likeness (QED) is 0.671. The lowest BCUT2D eigenvalue weighted by Gasteiger charge is -2.26. The molecule has 7 nitrogen and oxygen atoms in total. The number of benzene rings is 1. The second kappa shape index (κ2) is 10.3. The number of carbonyl (C=O) groups excluding carboxylic acids is 1. The fraction of sp³-hybridized carbons (Fsp3) is 0.636. The first-order chi connectivity index (χ1) is 14.5. The Morgan fingerprint density at radius 3 is 2.30 bits per heavy atom. The van der Waals surface area contributed by atoms with Gasteiger partial charge >= 0.3 is 0 Å². The van der Waals surface area contributed by atoms with Crippen molar-refractivity contribution in [1.29, 1.82) is 5.26 Å². The number of hydrogen-bond donors (Lipinski definition) is 2. The van der Waals surface area contributed by atoms with E-state index >= 15 is 0 Å². The summed E-state index contributed by atoms with van der Waals surface area (Å²) < 4.78 is 27.5. The summed E-state index contributed by atoms with van der Waals surface area (Å²) in [6.45, 7) is 1.11. The number of sulfonamides is 1. The molecule has 1 aromatic carbocycles. The van der Waals surface area contributed by atoms with Gasteiger partial charge in [0.2, 0.25) is 15.9 Å². The number of nitriles is 1. The van der Waals surface area contributed by atoms with Crippen LogP contribution >= 0.6 is 0 Å². The molecule has 0 spiro atoms. The Morgan fingerprint density at radius 1 is 1.03 bits per heavy atom. The van der Waals surface area contributed by atoms with Gasteiger partial charge in [-0.3, -0.25) is 4.79 Å². The third-order valence-corrected chi connectivity index (χ3v) is 7.93. The maximum absolute atomic E-state index is 13.0. The Labute approximate surface area is 179 Å². The molecular formula is C22H32N4O3S. The summed E-state index contributed by atoms with van der Waals surface area (Å²) in [7, 11) is -3.54. The summed E-state index contributed by atoms with van der Waals surface area (Å²) in [4.78, 5) is 12.7. The minimum atomic E-state index is -3.54. The maximum Gasteiger partial charge on any atom is 0.243 e. The largest absolute Gasteiger partial charge is 0.376 e. The van der Waals surface area contributed by atoms with Gasteiger partial charge < -0.3 is 10.6 Å². The topological polar surface area (TPSA) is 102 Å². The van der Waals surface area contributed by atoms with E-state index in [0.29, 0.717) is 31.6 Å². The van der Waals surface area contributed by atoms with Crippen molar-refractivity contribution in [2.24, 2.45) is 0 Å². The summed E-state index contributed by atoms with van der Waals surface area (Å²) in [5, 5.41) is 15.5. The van der Waals surface area contributed by atoms with Gasteiger partial charge in [-0.15, -0.1) is 0 Å². The van der Waals surface area contributed by atoms with Gasteiger partial charge in [0.25, 0.3) is 0 Å². The molecule has 30 heavy (non-hydrogen) atoms. The molecule has 1 aliphatic carbocycles. The monoisotopic (exact) mass is 432 g/mol. The molecule has 0 atom stereocenters. The normalized spacial score (nSPS) is 20.4. The van der Waals surface area contributed by atoms with Crippen LogP contribution in [0.1, 0.15) is 64.2 Å². The summed E-state index contributed by atoms with van der Waals surface area (Å²) in [6.07, 6.45) is 9.33. The zero-order valence-electron chi connectivity index (χ0n) is 17.5. The Balaban J connectivity index is 1.62. The molecule has 3 rings (SSSR count). The van der Waals surface area contributed by atoms with Gasteiger partial charge in [-0.05, 0) is 43.9 Å². The van der Waals surface area contributed by atoms with Crippen LogP contribution in [0.4, 0.5) is 5.69 Å². The lowest BCUT2D eigenvalue weighted by molar-refractivity contribution is -0.120. The molecule has 1 aromatic rings. The predicted octanol–water partition coefficient (Wildman–Crippen LogP) is 3.40. The van der Waals surface area contributed by atoms with E-state index in [1.807, 2.05) is 0 Å². The second-order valence-electron chi connectivity index (χ2n) is 8.36. The fourth-order valence-electron chi connectivity index (χ4n) is 4.29. The average Bonchev–Trinajstić information content (AvgIpc) is 3.16. The maximum atomic E-state index is 13.0. The molecule has 0 unspecified atom stereocenters. The number of rotatable bonds is 6. The highest BCUT2D eigenvalue weighted by Gasteiger charge is 2.32. The molecule has 8 heteroatoms. The van der Waals surface area contributed by atoms with E-state index in [2.05, 4.69) is 16.7 Å². The van der Waals surface area contributed by atoms with Crippen molar-refractivity contribution >= 4 is 21.6 Å². The zero-order valence-corrected chi connectivity index (χ0v) is 18.3. The fourth-order valence-corrected chi connectivity index (χ4v) is 5.85. The molecule has 0 bridgehead atoms. The van der Waals surface area contributed by atoms with Gasteiger partial charge in [0.05, 0.1) is 17.5 Å². The Hall–Kier alpha value is -2.11. The van der Waals surface area contributed by atoms with Crippen LogP contribution in [0.2, 0.25) is 0 Å². The van der Waals surface area contributed by atoms with Crippen LogP contribution < -0.4 is 10.6 Å². The summed E-state index contributed by atoms with van der Waals surface area (Å²) in [5.41, 5.74) is -0.208. The Bertz CT molecular complexity index is 863. The van der Waals surface area contributed by atoms with Gasteiger partial charge in [-0.2, -0.15) is 9.57 Å². The standard InChI is InChI=1S/C22H32N4O3S/c23-18-22(12-5-1-2-6-13-22)25-21(27)17-24-19-10-9-11-20(16-19)30(28,29)26-14-7-3-4-8-15-26/h9-11,16,24H,1-8,12-15,17H2,(H,25,27). The smallest absolute Gasteiger partial charge is 0.243 e. The molecule has 1 saturated heterocycles. The molecule has 1 saturated carbocycles. The molecule has 1 amide bonds. The number of amides is 1. The minimum absolute atomic E-state index is 0.00333. The highest BCUT2D eigenvalue weighted by Crippen LogP contribution is 2.27. The van der Waals surface area contributed by atoms with E-state index in [1.54, 1.807) is 28.6 Å². The summed E-state index contributed by atoms with van der Waals surface area (Å²) >= 11 is 0. The van der Waals surface area contributed by atoms with Crippen molar-refractivity contribution < 1.29 is 13.2 Å². The molecule has 1 aliphatic heterocycles. The van der Waals surface area contributed by atoms with Crippen molar-refractivity contribution in [2.45, 2.75) is 74.6 Å². The molecule has 2 fully saturated rings. The van der Waals surface area contributed by atoms with Crippen molar-refractivity contribution in [3.63, 3.8) is 0 Å². The number of anilines is 1. The molecule has 164 valence electrons. The van der Waals surface area contributed by atoms with Crippen LogP contribution in [-0.2, 0) is 14.8 Å². The van der Waals surface area contributed by atoms with Crippen LogP contribution in [0.25, 0.3) is 0 Å². The molecule has 2 aliphatic rings. The summed E-state index contributed by atoms with van der Waals surface area (Å²) in [6, 6.07) is 8.93. The first-order valence-corrected chi connectivity index (χ1v) is 12.5. The Kier molecular flexibility index (Phi) is 7.73. The van der Waals surface area contributed by atoms with Gasteiger partial charge in [0, 0.05) is 18.8 Å². The SMILES string of the molecule is N#CC1(NC(=O)CNc2cccc(S(=O)(=O)N3CCCCCC3)c2)CCCCCC1. The second-order valence-corrected chi connectivity index (χ2v) is 10.3. The van der Waals surface area contributed by atoms with E-state index < -0.39 is 15.6 Å². The van der Waals surface area contributed by atoms with Gasteiger partial charge in [-0.1, -0.05) is 44.6 Å². The first kappa shape index (κ1) is 22.6. The summed E-state index contributed by atoms with van der Waals surface area (Å²) in [5.74, 6) is -0.251. The van der Waals surface area contributed by atoms with Crippen LogP contribution in [0.15, 0.2) is 29.2 Å². The highest BCUT2D eigenvalue weighted by atomic mass is 32.2. The molecule has 0 aromatic heterocycles. The van der Waals surface area contributed by atoms with Crippen LogP contribution in [0.3, 0.4) is 0 Å². The molecule has 0 radical (unpaired) electrons. The van der Waals surface area contributed by atoms with Crippen molar-refractivity contribution in [2.75, 3.05) is 25.0 Å². The van der Waals surface area contributed by atoms with E-state index in [4.69, 9.17) is 0 Å². The molecule has 1 heterocycles. The zero-order chi connectivity index (χ0) is 21.5. The Morgan fingerprint density at radius 2 is 1.67 bits per heavy atom. The van der Waals surface area contributed by atoms with E-state index in [9.17, 15) is 18.5 Å². The van der Waals surface area contributed by atoms with Crippen molar-refractivity contribution in [3.8, 4) is 6.07 Å². The van der Waals surface area contributed by atoms with Crippen LogP contribution in [0.5, 0.6) is 0 Å². The first-order valence-electron chi connectivity index (χ1n) is 11.0. The number of nitrogens with zero attached hydrogens (tertiary/aromatic N) is 2. The van der Waals surface area contributed by atoms with Crippen molar-refractivity contribution in [1.82, 2.24) is 9.62 Å².